The topological polar surface area (TPSA) is 26.0 Å². The Morgan fingerprint density at radius 2 is 1.71 bits per heavy atom. The van der Waals surface area contributed by atoms with Gasteiger partial charge in [-0.15, -0.1) is 0 Å². The van der Waals surface area contributed by atoms with E-state index in [-0.39, 0.29) is 0 Å². The van der Waals surface area contributed by atoms with Crippen LogP contribution in [0.15, 0.2) is 70.9 Å². The zero-order valence-electron chi connectivity index (χ0n) is 9.89. The van der Waals surface area contributed by atoms with E-state index in [1.165, 1.54) is 22.3 Å². The van der Waals surface area contributed by atoms with Gasteiger partial charge < -0.3 is 5.73 Å². The van der Waals surface area contributed by atoms with Crippen molar-refractivity contribution >= 4 is 0 Å². The maximum atomic E-state index is 5.58. The van der Waals surface area contributed by atoms with Gasteiger partial charge in [0.25, 0.3) is 0 Å². The summed E-state index contributed by atoms with van der Waals surface area (Å²) in [6.45, 7) is 0.768. The van der Waals surface area contributed by atoms with Crippen LogP contribution in [0, 0.1) is 5.92 Å². The van der Waals surface area contributed by atoms with Crippen LogP contribution in [0.5, 0.6) is 0 Å². The van der Waals surface area contributed by atoms with Crippen LogP contribution in [0.1, 0.15) is 12.8 Å². The standard InChI is InChI=1S/C16H17N/c17-9-3-4-12-10-14-7-1-5-13-6-2-8-15(11-12)16(13)14/h1-2,5-8,10-11,16H,3-4,9,17H2. The van der Waals surface area contributed by atoms with Gasteiger partial charge in [0.2, 0.25) is 0 Å². The molecule has 0 radical (unpaired) electrons. The lowest BCUT2D eigenvalue weighted by Crippen LogP contribution is -2.16. The maximum absolute atomic E-state index is 5.58. The highest BCUT2D eigenvalue weighted by Crippen LogP contribution is 2.40. The summed E-state index contributed by atoms with van der Waals surface area (Å²) in [5.41, 5.74) is 11.2. The first-order chi connectivity index (χ1) is 8.38. The van der Waals surface area contributed by atoms with Crippen LogP contribution in [0.2, 0.25) is 0 Å². The third-order valence-electron chi connectivity index (χ3n) is 3.53. The van der Waals surface area contributed by atoms with Crippen molar-refractivity contribution in [2.75, 3.05) is 6.54 Å². The van der Waals surface area contributed by atoms with E-state index in [1.54, 1.807) is 0 Å². The lowest BCUT2D eigenvalue weighted by Gasteiger charge is -2.30. The maximum Gasteiger partial charge on any atom is 0.0340 e. The second-order valence-electron chi connectivity index (χ2n) is 4.74. The molecular formula is C16H17N. The Labute approximate surface area is 102 Å². The van der Waals surface area contributed by atoms with Gasteiger partial charge in [0, 0.05) is 5.92 Å². The van der Waals surface area contributed by atoms with E-state index in [4.69, 9.17) is 5.73 Å². The van der Waals surface area contributed by atoms with Gasteiger partial charge >= 0.3 is 0 Å². The van der Waals surface area contributed by atoms with E-state index in [2.05, 4.69) is 48.6 Å². The molecule has 0 aromatic heterocycles. The molecule has 0 saturated heterocycles. The van der Waals surface area contributed by atoms with Crippen LogP contribution in [0.3, 0.4) is 0 Å². The highest BCUT2D eigenvalue weighted by Gasteiger charge is 2.25. The highest BCUT2D eigenvalue weighted by atomic mass is 14.5. The number of rotatable bonds is 3. The van der Waals surface area contributed by atoms with Crippen LogP contribution in [0.25, 0.3) is 0 Å². The van der Waals surface area contributed by atoms with E-state index >= 15 is 0 Å². The van der Waals surface area contributed by atoms with Gasteiger partial charge in [0.05, 0.1) is 0 Å². The Morgan fingerprint density at radius 1 is 0.941 bits per heavy atom. The van der Waals surface area contributed by atoms with Gasteiger partial charge in [-0.3, -0.25) is 0 Å². The van der Waals surface area contributed by atoms with E-state index in [0.29, 0.717) is 5.92 Å². The second kappa shape index (κ2) is 4.34. The summed E-state index contributed by atoms with van der Waals surface area (Å²) in [7, 11) is 0. The zero-order valence-corrected chi connectivity index (χ0v) is 9.89. The monoisotopic (exact) mass is 223 g/mol. The van der Waals surface area contributed by atoms with Gasteiger partial charge in [-0.1, -0.05) is 48.6 Å². The van der Waals surface area contributed by atoms with Crippen molar-refractivity contribution in [3.05, 3.63) is 70.9 Å². The normalized spacial score (nSPS) is 24.6. The molecule has 0 aliphatic heterocycles. The minimum atomic E-state index is 0.478. The Balaban J connectivity index is 1.97. The average molecular weight is 223 g/mol. The molecule has 0 amide bonds. The molecule has 1 heteroatoms. The Morgan fingerprint density at radius 3 is 2.53 bits per heavy atom. The molecule has 1 nitrogen and oxygen atoms in total. The molecule has 17 heavy (non-hydrogen) atoms. The molecule has 0 aromatic carbocycles. The third kappa shape index (κ3) is 1.87. The zero-order chi connectivity index (χ0) is 11.7. The molecule has 2 N–H and O–H groups in total. The quantitative estimate of drug-likeness (QED) is 0.781. The first kappa shape index (κ1) is 10.5. The molecule has 3 aliphatic rings. The number of allylic oxidation sites excluding steroid dienone is 12. The molecular weight excluding hydrogens is 206 g/mol. The SMILES string of the molecule is NCCCC1=CC2=CC=CC3=CC=CC(=C1)C32. The summed E-state index contributed by atoms with van der Waals surface area (Å²) >= 11 is 0. The van der Waals surface area contributed by atoms with Crippen molar-refractivity contribution in [3.63, 3.8) is 0 Å². The number of hydrogen-bond donors (Lipinski definition) is 1. The predicted molar refractivity (Wildman–Crippen MR) is 72.4 cm³/mol. The lowest BCUT2D eigenvalue weighted by atomic mass is 9.74. The van der Waals surface area contributed by atoms with Crippen LogP contribution in [-0.4, -0.2) is 6.54 Å². The molecule has 86 valence electrons. The van der Waals surface area contributed by atoms with Crippen molar-refractivity contribution in [2.24, 2.45) is 11.7 Å². The molecule has 0 bridgehead atoms. The van der Waals surface area contributed by atoms with E-state index in [9.17, 15) is 0 Å². The van der Waals surface area contributed by atoms with Crippen molar-refractivity contribution in [3.8, 4) is 0 Å². The molecule has 1 unspecified atom stereocenters. The van der Waals surface area contributed by atoms with Gasteiger partial charge in [-0.05, 0) is 41.7 Å². The molecule has 0 aromatic rings. The van der Waals surface area contributed by atoms with Crippen LogP contribution < -0.4 is 5.73 Å². The summed E-state index contributed by atoms with van der Waals surface area (Å²) in [5, 5.41) is 0. The smallest absolute Gasteiger partial charge is 0.0340 e. The van der Waals surface area contributed by atoms with Gasteiger partial charge in [0.1, 0.15) is 0 Å². The average Bonchev–Trinajstić information content (AvgIpc) is 2.37. The van der Waals surface area contributed by atoms with Crippen LogP contribution in [0.4, 0.5) is 0 Å². The fourth-order valence-electron chi connectivity index (χ4n) is 2.74. The fourth-order valence-corrected chi connectivity index (χ4v) is 2.74. The van der Waals surface area contributed by atoms with Gasteiger partial charge in [-0.25, -0.2) is 0 Å². The predicted octanol–water partition coefficient (Wildman–Crippen LogP) is 3.20. The van der Waals surface area contributed by atoms with Crippen molar-refractivity contribution < 1.29 is 0 Å². The van der Waals surface area contributed by atoms with Gasteiger partial charge in [0.15, 0.2) is 0 Å². The summed E-state index contributed by atoms with van der Waals surface area (Å²) in [6, 6.07) is 0. The summed E-state index contributed by atoms with van der Waals surface area (Å²) < 4.78 is 0. The Bertz CT molecular complexity index is 508. The van der Waals surface area contributed by atoms with Crippen molar-refractivity contribution in [1.82, 2.24) is 0 Å². The van der Waals surface area contributed by atoms with Crippen LogP contribution in [-0.2, 0) is 0 Å². The highest BCUT2D eigenvalue weighted by molar-refractivity contribution is 5.59. The summed E-state index contributed by atoms with van der Waals surface area (Å²) in [6.07, 6.45) is 20.0. The molecule has 3 rings (SSSR count). The fraction of sp³-hybridized carbons (Fsp3) is 0.250. The summed E-state index contributed by atoms with van der Waals surface area (Å²) in [5.74, 6) is 0.478. The van der Waals surface area contributed by atoms with Crippen LogP contribution >= 0.6 is 0 Å². The summed E-state index contributed by atoms with van der Waals surface area (Å²) in [4.78, 5) is 0. The minimum absolute atomic E-state index is 0.478. The third-order valence-corrected chi connectivity index (χ3v) is 3.53. The molecule has 3 aliphatic carbocycles. The van der Waals surface area contributed by atoms with E-state index < -0.39 is 0 Å². The minimum Gasteiger partial charge on any atom is -0.330 e. The largest absolute Gasteiger partial charge is 0.330 e. The van der Waals surface area contributed by atoms with E-state index in [0.717, 1.165) is 19.4 Å². The van der Waals surface area contributed by atoms with Crippen molar-refractivity contribution in [2.45, 2.75) is 12.8 Å². The number of nitrogens with two attached hydrogens (primary N) is 1. The molecule has 0 heterocycles. The molecule has 0 spiro atoms. The van der Waals surface area contributed by atoms with Crippen molar-refractivity contribution in [1.29, 1.82) is 0 Å². The molecule has 1 atom stereocenters. The number of hydrogen-bond acceptors (Lipinski definition) is 1. The Kier molecular flexibility index (Phi) is 2.69. The van der Waals surface area contributed by atoms with E-state index in [1.807, 2.05) is 0 Å². The first-order valence-electron chi connectivity index (χ1n) is 6.27. The molecule has 0 saturated carbocycles. The molecule has 0 fully saturated rings. The second-order valence-corrected chi connectivity index (χ2v) is 4.74. The van der Waals surface area contributed by atoms with Gasteiger partial charge in [-0.2, -0.15) is 0 Å². The first-order valence-corrected chi connectivity index (χ1v) is 6.27. The lowest BCUT2D eigenvalue weighted by molar-refractivity contribution is 0.809. The Hall–Kier alpha value is -1.60.